The number of aromatic nitrogens is 3. The van der Waals surface area contributed by atoms with Gasteiger partial charge in [0, 0.05) is 37.7 Å². The maximum atomic E-state index is 13.0. The number of rotatable bonds is 19. The van der Waals surface area contributed by atoms with Crippen LogP contribution in [0.4, 0.5) is 23.0 Å². The molecule has 4 N–H and O–H groups in total. The molecule has 2 heterocycles. The molecule has 1 aromatic carbocycles. The van der Waals surface area contributed by atoms with E-state index in [1.54, 1.807) is 31.3 Å². The molecule has 2 aromatic heterocycles. The molecule has 43 heavy (non-hydrogen) atoms. The highest BCUT2D eigenvalue weighted by Gasteiger charge is 2.14. The van der Waals surface area contributed by atoms with Gasteiger partial charge in [-0.1, -0.05) is 30.7 Å². The lowest BCUT2D eigenvalue weighted by Crippen LogP contribution is -2.28. The molecule has 0 saturated carbocycles. The zero-order chi connectivity index (χ0) is 31.0. The average Bonchev–Trinajstić information content (AvgIpc) is 3.37. The van der Waals surface area contributed by atoms with E-state index in [0.717, 1.165) is 11.5 Å². The quantitative estimate of drug-likeness (QED) is 0.142. The summed E-state index contributed by atoms with van der Waals surface area (Å²) in [6, 6.07) is 11.1. The molecule has 0 spiro atoms. The van der Waals surface area contributed by atoms with E-state index in [0.29, 0.717) is 86.9 Å². The highest BCUT2D eigenvalue weighted by Crippen LogP contribution is 2.30. The van der Waals surface area contributed by atoms with Gasteiger partial charge in [-0.15, -0.1) is 0 Å². The highest BCUT2D eigenvalue weighted by atomic mass is 35.5. The minimum absolute atomic E-state index is 0.00770. The Morgan fingerprint density at radius 2 is 1.56 bits per heavy atom. The largest absolute Gasteiger partial charge is 0.377 e. The van der Waals surface area contributed by atoms with Gasteiger partial charge in [0.05, 0.1) is 73.5 Å². The Labute approximate surface area is 257 Å². The predicted octanol–water partition coefficient (Wildman–Crippen LogP) is 4.61. The molecule has 12 nitrogen and oxygen atoms in total. The third kappa shape index (κ3) is 11.5. The summed E-state index contributed by atoms with van der Waals surface area (Å²) in [6.07, 6.45) is 2.02. The van der Waals surface area contributed by atoms with E-state index in [-0.39, 0.29) is 17.9 Å². The Morgan fingerprint density at radius 3 is 2.23 bits per heavy atom. The Morgan fingerprint density at radius 1 is 0.907 bits per heavy atom. The number of nitrogens with zero attached hydrogens (tertiary/aromatic N) is 3. The van der Waals surface area contributed by atoms with E-state index < -0.39 is 0 Å². The molecule has 13 heteroatoms. The second-order valence-corrected chi connectivity index (χ2v) is 10.3. The van der Waals surface area contributed by atoms with Gasteiger partial charge in [-0.25, -0.2) is 9.67 Å². The van der Waals surface area contributed by atoms with Crippen LogP contribution in [0.5, 0.6) is 0 Å². The lowest BCUT2D eigenvalue weighted by molar-refractivity contribution is -0.121. The summed E-state index contributed by atoms with van der Waals surface area (Å²) in [7, 11) is 0. The smallest absolute Gasteiger partial charge is 0.253 e. The Balaban J connectivity index is 1.41. The second-order valence-electron chi connectivity index (χ2n) is 9.85. The molecule has 0 bridgehead atoms. The molecule has 234 valence electrons. The fraction of sp³-hybridized carbons (Fsp3) is 0.467. The number of carbonyl (C=O) groups is 2. The van der Waals surface area contributed by atoms with Crippen molar-refractivity contribution in [3.8, 4) is 0 Å². The van der Waals surface area contributed by atoms with Crippen molar-refractivity contribution in [1.29, 1.82) is 0 Å². The fourth-order valence-electron chi connectivity index (χ4n) is 3.93. The van der Waals surface area contributed by atoms with Gasteiger partial charge in [0.15, 0.2) is 0 Å². The maximum absolute atomic E-state index is 13.0. The van der Waals surface area contributed by atoms with Crippen LogP contribution in [0.15, 0.2) is 42.6 Å². The van der Waals surface area contributed by atoms with Crippen LogP contribution >= 0.6 is 11.6 Å². The van der Waals surface area contributed by atoms with Gasteiger partial charge in [0.25, 0.3) is 5.91 Å². The van der Waals surface area contributed by atoms with Gasteiger partial charge in [-0.2, -0.15) is 5.10 Å². The van der Waals surface area contributed by atoms with Gasteiger partial charge < -0.3 is 35.5 Å². The number of hydrogen-bond acceptors (Lipinski definition) is 9. The van der Waals surface area contributed by atoms with Crippen molar-refractivity contribution >= 4 is 46.4 Å². The minimum Gasteiger partial charge on any atom is -0.377 e. The van der Waals surface area contributed by atoms with E-state index in [1.165, 1.54) is 0 Å². The summed E-state index contributed by atoms with van der Waals surface area (Å²) >= 11 is 6.46. The summed E-state index contributed by atoms with van der Waals surface area (Å²) in [5.41, 5.74) is 2.57. The first kappa shape index (κ1) is 33.8. The van der Waals surface area contributed by atoms with Crippen LogP contribution in [0, 0.1) is 6.92 Å². The Kier molecular flexibility index (Phi) is 14.2. The fourth-order valence-corrected chi connectivity index (χ4v) is 4.08. The molecule has 0 unspecified atom stereocenters. The molecular formula is C30H42ClN7O5. The molecule has 0 fully saturated rings. The van der Waals surface area contributed by atoms with Crippen molar-refractivity contribution in [3.63, 3.8) is 0 Å². The number of hydrogen-bond donors (Lipinski definition) is 4. The summed E-state index contributed by atoms with van der Waals surface area (Å²) in [5.74, 6) is 1.17. The highest BCUT2D eigenvalue weighted by molar-refractivity contribution is 6.33. The number of para-hydroxylation sites is 1. The zero-order valence-corrected chi connectivity index (χ0v) is 26.0. The zero-order valence-electron chi connectivity index (χ0n) is 25.2. The second kappa shape index (κ2) is 18.1. The first-order valence-electron chi connectivity index (χ1n) is 14.4. The molecule has 0 radical (unpaired) electrons. The average molecular weight is 616 g/mol. The van der Waals surface area contributed by atoms with E-state index >= 15 is 0 Å². The van der Waals surface area contributed by atoms with E-state index in [1.807, 2.05) is 29.8 Å². The number of anilines is 4. The van der Waals surface area contributed by atoms with E-state index in [4.69, 9.17) is 25.8 Å². The van der Waals surface area contributed by atoms with Gasteiger partial charge >= 0.3 is 0 Å². The Bertz CT molecular complexity index is 1320. The topological polar surface area (TPSA) is 141 Å². The molecule has 3 rings (SSSR count). The van der Waals surface area contributed by atoms with Gasteiger partial charge in [-0.05, 0) is 32.9 Å². The molecule has 0 aliphatic heterocycles. The number of aryl methyl sites for hydroxylation is 1. The number of amides is 2. The van der Waals surface area contributed by atoms with Crippen molar-refractivity contribution in [2.24, 2.45) is 0 Å². The van der Waals surface area contributed by atoms with Crippen LogP contribution in [0.2, 0.25) is 5.02 Å². The number of nitrogens with one attached hydrogen (secondary N) is 4. The monoisotopic (exact) mass is 615 g/mol. The van der Waals surface area contributed by atoms with Gasteiger partial charge in [0.1, 0.15) is 11.6 Å². The first-order chi connectivity index (χ1) is 20.8. The van der Waals surface area contributed by atoms with Crippen molar-refractivity contribution in [2.45, 2.75) is 40.2 Å². The van der Waals surface area contributed by atoms with Crippen molar-refractivity contribution in [1.82, 2.24) is 25.4 Å². The van der Waals surface area contributed by atoms with Crippen molar-refractivity contribution in [3.05, 3.63) is 58.9 Å². The number of halogens is 1. The van der Waals surface area contributed by atoms with Crippen LogP contribution in [0.3, 0.4) is 0 Å². The van der Waals surface area contributed by atoms with Gasteiger partial charge in [0.2, 0.25) is 5.91 Å². The SMILES string of the molecule is CCC(=O)NCCOCCOCCOCCNC(=O)c1ccccc1Nc1cc(Nc2cc(C)nn2C(C)C)ncc1Cl. The third-order valence-electron chi connectivity index (χ3n) is 6.07. The molecule has 0 atom stereocenters. The summed E-state index contributed by atoms with van der Waals surface area (Å²) < 4.78 is 18.3. The normalized spacial score (nSPS) is 11.0. The Hall–Kier alpha value is -3.71. The predicted molar refractivity (Wildman–Crippen MR) is 168 cm³/mol. The summed E-state index contributed by atoms with van der Waals surface area (Å²) in [4.78, 5) is 28.5. The standard InChI is InChI=1S/C30H42ClN7O5/c1-5-29(39)32-10-12-41-14-16-43-17-15-42-13-11-33-30(40)23-8-6-7-9-25(23)35-26-19-27(34-20-24(26)31)36-28-18-22(4)37-38(28)21(2)3/h6-9,18-21H,5,10-17H2,1-4H3,(H,32,39)(H,33,40)(H2,34,35,36). The van der Waals surface area contributed by atoms with E-state index in [2.05, 4.69) is 45.2 Å². The summed E-state index contributed by atoms with van der Waals surface area (Å²) in [6.45, 7) is 11.2. The molecular weight excluding hydrogens is 574 g/mol. The number of benzene rings is 1. The number of ether oxygens (including phenoxy) is 3. The van der Waals surface area contributed by atoms with Crippen LogP contribution in [-0.2, 0) is 19.0 Å². The molecule has 2 amide bonds. The lowest BCUT2D eigenvalue weighted by atomic mass is 10.1. The maximum Gasteiger partial charge on any atom is 0.253 e. The molecule has 0 aliphatic rings. The van der Waals surface area contributed by atoms with Crippen LogP contribution in [0.1, 0.15) is 49.3 Å². The molecule has 0 aliphatic carbocycles. The van der Waals surface area contributed by atoms with Crippen LogP contribution in [-0.4, -0.2) is 79.3 Å². The number of pyridine rings is 1. The van der Waals surface area contributed by atoms with E-state index in [9.17, 15) is 9.59 Å². The van der Waals surface area contributed by atoms with Crippen molar-refractivity contribution in [2.75, 3.05) is 63.4 Å². The minimum atomic E-state index is -0.241. The summed E-state index contributed by atoms with van der Waals surface area (Å²) in [5, 5.41) is 17.1. The molecule has 3 aromatic rings. The number of carbonyl (C=O) groups excluding carboxylic acids is 2. The lowest BCUT2D eigenvalue weighted by Gasteiger charge is -2.15. The first-order valence-corrected chi connectivity index (χ1v) is 14.8. The van der Waals surface area contributed by atoms with Crippen LogP contribution in [0.25, 0.3) is 0 Å². The third-order valence-corrected chi connectivity index (χ3v) is 6.37. The van der Waals surface area contributed by atoms with Crippen LogP contribution < -0.4 is 21.3 Å². The molecule has 0 saturated heterocycles. The van der Waals surface area contributed by atoms with Crippen molar-refractivity contribution < 1.29 is 23.8 Å². The van der Waals surface area contributed by atoms with Gasteiger partial charge in [-0.3, -0.25) is 9.59 Å².